The molecule has 4 rings (SSSR count). The van der Waals surface area contributed by atoms with Crippen LogP contribution in [0.1, 0.15) is 57.6 Å². The smallest absolute Gasteiger partial charge is 0.313 e. The summed E-state index contributed by atoms with van der Waals surface area (Å²) < 4.78 is 39.2. The zero-order valence-electron chi connectivity index (χ0n) is 18.8. The van der Waals surface area contributed by atoms with Crippen molar-refractivity contribution in [3.8, 4) is 6.07 Å². The average Bonchev–Trinajstić information content (AvgIpc) is 3.35. The van der Waals surface area contributed by atoms with Crippen LogP contribution in [0.5, 0.6) is 0 Å². The van der Waals surface area contributed by atoms with Crippen molar-refractivity contribution < 1.29 is 23.0 Å². The van der Waals surface area contributed by atoms with Gasteiger partial charge in [-0.2, -0.15) is 5.26 Å². The van der Waals surface area contributed by atoms with Gasteiger partial charge in [-0.05, 0) is 49.2 Å². The van der Waals surface area contributed by atoms with Gasteiger partial charge in [-0.25, -0.2) is 8.78 Å². The lowest BCUT2D eigenvalue weighted by molar-refractivity contribution is -0.150. The molecule has 0 radical (unpaired) electrons. The first-order valence-electron chi connectivity index (χ1n) is 11.4. The minimum Gasteiger partial charge on any atom is -0.442 e. The summed E-state index contributed by atoms with van der Waals surface area (Å²) in [6.45, 7) is 3.94. The summed E-state index contributed by atoms with van der Waals surface area (Å²) in [5.41, 5.74) is 0.577. The van der Waals surface area contributed by atoms with E-state index in [1.807, 2.05) is 19.9 Å². The summed E-state index contributed by atoms with van der Waals surface area (Å²) in [4.78, 5) is 12.9. The normalized spacial score (nSPS) is 22.8. The molecule has 3 atom stereocenters. The van der Waals surface area contributed by atoms with Crippen LogP contribution in [-0.2, 0) is 14.3 Å². The lowest BCUT2D eigenvalue weighted by atomic mass is 9.98. The van der Waals surface area contributed by atoms with E-state index in [1.165, 1.54) is 48.9 Å². The van der Waals surface area contributed by atoms with Crippen LogP contribution in [0.15, 0.2) is 42.5 Å². The zero-order valence-corrected chi connectivity index (χ0v) is 18.8. The number of benzene rings is 2. The number of nitriles is 1. The van der Waals surface area contributed by atoms with Crippen molar-refractivity contribution in [2.45, 2.75) is 64.3 Å². The molecule has 0 amide bonds. The SMILES string of the molecule is CC1(C)C(OC2CCCCC2)C1C(=O)OC(C#N)c1ccc(F)c(Nc2ccc(F)cc2)c1. The van der Waals surface area contributed by atoms with E-state index in [9.17, 15) is 18.8 Å². The Morgan fingerprint density at radius 1 is 1.12 bits per heavy atom. The van der Waals surface area contributed by atoms with Crippen LogP contribution in [0.2, 0.25) is 0 Å². The van der Waals surface area contributed by atoms with Crippen molar-refractivity contribution in [2.75, 3.05) is 5.32 Å². The minimum absolute atomic E-state index is 0.0978. The molecule has 2 aromatic rings. The minimum atomic E-state index is -1.18. The molecule has 0 saturated heterocycles. The predicted molar refractivity (Wildman–Crippen MR) is 120 cm³/mol. The standard InChI is InChI=1S/C26H28F2N2O3/c1-26(2)23(24(26)32-19-6-4-3-5-7-19)25(31)33-22(15-29)16-8-13-20(28)21(14-16)30-18-11-9-17(27)10-12-18/h8-14,19,22-24,30H,3-7H2,1-2H3. The van der Waals surface area contributed by atoms with Gasteiger partial charge >= 0.3 is 5.97 Å². The molecule has 0 bridgehead atoms. The predicted octanol–water partition coefficient (Wildman–Crippen LogP) is 6.19. The van der Waals surface area contributed by atoms with E-state index in [-0.39, 0.29) is 23.3 Å². The molecule has 2 fully saturated rings. The van der Waals surface area contributed by atoms with E-state index in [2.05, 4.69) is 5.32 Å². The second-order valence-electron chi connectivity index (χ2n) is 9.43. The number of carbonyl (C=O) groups is 1. The van der Waals surface area contributed by atoms with Gasteiger partial charge in [-0.3, -0.25) is 4.79 Å². The maximum absolute atomic E-state index is 14.3. The maximum Gasteiger partial charge on any atom is 0.313 e. The number of hydrogen-bond donors (Lipinski definition) is 1. The molecular weight excluding hydrogens is 426 g/mol. The fourth-order valence-corrected chi connectivity index (χ4v) is 4.53. The second kappa shape index (κ2) is 9.48. The third-order valence-electron chi connectivity index (χ3n) is 6.64. The van der Waals surface area contributed by atoms with Crippen molar-refractivity contribution >= 4 is 17.3 Å². The first-order chi connectivity index (χ1) is 15.8. The molecular formula is C26H28F2N2O3. The average molecular weight is 455 g/mol. The van der Waals surface area contributed by atoms with Gasteiger partial charge in [0.25, 0.3) is 0 Å². The van der Waals surface area contributed by atoms with Crippen molar-refractivity contribution in [1.82, 2.24) is 0 Å². The van der Waals surface area contributed by atoms with E-state index in [0.717, 1.165) is 25.7 Å². The Hall–Kier alpha value is -2.98. The Morgan fingerprint density at radius 2 is 1.82 bits per heavy atom. The Kier molecular flexibility index (Phi) is 6.66. The fraction of sp³-hybridized carbons (Fsp3) is 0.462. The van der Waals surface area contributed by atoms with Gasteiger partial charge < -0.3 is 14.8 Å². The summed E-state index contributed by atoms with van der Waals surface area (Å²) in [6.07, 6.45) is 4.28. The summed E-state index contributed by atoms with van der Waals surface area (Å²) in [5, 5.41) is 12.5. The van der Waals surface area contributed by atoms with Crippen LogP contribution in [0.25, 0.3) is 0 Å². The number of halogens is 2. The highest BCUT2D eigenvalue weighted by Crippen LogP contribution is 2.56. The van der Waals surface area contributed by atoms with Gasteiger partial charge in [0.15, 0.2) is 0 Å². The van der Waals surface area contributed by atoms with Crippen LogP contribution < -0.4 is 5.32 Å². The Morgan fingerprint density at radius 3 is 2.48 bits per heavy atom. The molecule has 0 aliphatic heterocycles. The van der Waals surface area contributed by atoms with Crippen LogP contribution in [-0.4, -0.2) is 18.2 Å². The monoisotopic (exact) mass is 454 g/mol. The molecule has 5 nitrogen and oxygen atoms in total. The number of carbonyl (C=O) groups excluding carboxylic acids is 1. The molecule has 2 aromatic carbocycles. The number of rotatable bonds is 7. The van der Waals surface area contributed by atoms with Crippen LogP contribution >= 0.6 is 0 Å². The van der Waals surface area contributed by atoms with E-state index < -0.39 is 29.6 Å². The van der Waals surface area contributed by atoms with Gasteiger partial charge in [0.05, 0.1) is 23.8 Å². The molecule has 7 heteroatoms. The molecule has 2 aliphatic carbocycles. The summed E-state index contributed by atoms with van der Waals surface area (Å²) in [7, 11) is 0. The topological polar surface area (TPSA) is 71.3 Å². The molecule has 2 saturated carbocycles. The molecule has 3 unspecified atom stereocenters. The number of ether oxygens (including phenoxy) is 2. The Labute approximate surface area is 192 Å². The van der Waals surface area contributed by atoms with Gasteiger partial charge in [0.1, 0.15) is 17.7 Å². The van der Waals surface area contributed by atoms with Crippen LogP contribution in [0.3, 0.4) is 0 Å². The highest BCUT2D eigenvalue weighted by molar-refractivity contribution is 5.79. The van der Waals surface area contributed by atoms with Gasteiger partial charge in [0, 0.05) is 16.7 Å². The van der Waals surface area contributed by atoms with Crippen molar-refractivity contribution in [2.24, 2.45) is 11.3 Å². The lowest BCUT2D eigenvalue weighted by Crippen LogP contribution is -2.21. The second-order valence-corrected chi connectivity index (χ2v) is 9.43. The molecule has 2 aliphatic rings. The van der Waals surface area contributed by atoms with Crippen molar-refractivity contribution in [3.63, 3.8) is 0 Å². The van der Waals surface area contributed by atoms with Gasteiger partial charge in [0.2, 0.25) is 6.10 Å². The molecule has 1 N–H and O–H groups in total. The quantitative estimate of drug-likeness (QED) is 0.505. The molecule has 33 heavy (non-hydrogen) atoms. The van der Waals surface area contributed by atoms with E-state index >= 15 is 0 Å². The third kappa shape index (κ3) is 5.17. The van der Waals surface area contributed by atoms with E-state index in [0.29, 0.717) is 11.3 Å². The van der Waals surface area contributed by atoms with Crippen LogP contribution in [0.4, 0.5) is 20.2 Å². The third-order valence-corrected chi connectivity index (χ3v) is 6.64. The molecule has 0 aromatic heterocycles. The Balaban J connectivity index is 1.43. The van der Waals surface area contributed by atoms with E-state index in [4.69, 9.17) is 9.47 Å². The van der Waals surface area contributed by atoms with Gasteiger partial charge in [-0.15, -0.1) is 0 Å². The first-order valence-corrected chi connectivity index (χ1v) is 11.4. The number of hydrogen-bond acceptors (Lipinski definition) is 5. The summed E-state index contributed by atoms with van der Waals surface area (Å²) >= 11 is 0. The summed E-state index contributed by atoms with van der Waals surface area (Å²) in [6, 6.07) is 11.5. The molecule has 0 heterocycles. The van der Waals surface area contributed by atoms with Crippen molar-refractivity contribution in [1.29, 1.82) is 5.26 Å². The number of nitrogens with zero attached hydrogens (tertiary/aromatic N) is 1. The van der Waals surface area contributed by atoms with E-state index in [1.54, 1.807) is 0 Å². The molecule has 174 valence electrons. The van der Waals surface area contributed by atoms with Crippen LogP contribution in [0, 0.1) is 34.3 Å². The maximum atomic E-state index is 14.3. The first kappa shape index (κ1) is 23.2. The zero-order chi connectivity index (χ0) is 23.6. The number of nitrogens with one attached hydrogen (secondary N) is 1. The fourth-order valence-electron chi connectivity index (χ4n) is 4.53. The molecule has 0 spiro atoms. The lowest BCUT2D eigenvalue weighted by Gasteiger charge is -2.22. The highest BCUT2D eigenvalue weighted by Gasteiger charge is 2.65. The largest absolute Gasteiger partial charge is 0.442 e. The summed E-state index contributed by atoms with van der Waals surface area (Å²) in [5.74, 6) is -1.87. The highest BCUT2D eigenvalue weighted by atomic mass is 19.1. The number of esters is 1. The van der Waals surface area contributed by atoms with Crippen molar-refractivity contribution in [3.05, 3.63) is 59.7 Å². The Bertz CT molecular complexity index is 1040. The number of anilines is 2. The van der Waals surface area contributed by atoms with Gasteiger partial charge in [-0.1, -0.05) is 39.2 Å².